The molecule has 1 aromatic heterocycles. The molecule has 3 aromatic carbocycles. The van der Waals surface area contributed by atoms with Gasteiger partial charge in [-0.3, -0.25) is 0 Å². The fourth-order valence-corrected chi connectivity index (χ4v) is 4.71. The van der Waals surface area contributed by atoms with E-state index in [1.165, 1.54) is 11.8 Å². The molecule has 0 fully saturated rings. The number of hydrogen-bond acceptors (Lipinski definition) is 8. The number of fused-ring (bicyclic) bond motifs is 3. The molecule has 0 radical (unpaired) electrons. The van der Waals surface area contributed by atoms with E-state index in [0.717, 1.165) is 26.9 Å². The molecule has 10 heteroatoms. The van der Waals surface area contributed by atoms with Crippen LogP contribution >= 0.6 is 39.3 Å². The Bertz CT molecular complexity index is 1390. The molecule has 0 unspecified atom stereocenters. The third-order valence-electron chi connectivity index (χ3n) is 5.43. The summed E-state index contributed by atoms with van der Waals surface area (Å²) in [5.41, 5.74) is 3.99. The van der Waals surface area contributed by atoms with Crippen LogP contribution in [0.5, 0.6) is 17.4 Å². The maximum Gasteiger partial charge on any atom is 0.247 e. The molecule has 0 bridgehead atoms. The van der Waals surface area contributed by atoms with Gasteiger partial charge in [0, 0.05) is 21.3 Å². The number of rotatable bonds is 7. The molecule has 36 heavy (non-hydrogen) atoms. The number of hydrogen-bond donors (Lipinski definition) is 1. The summed E-state index contributed by atoms with van der Waals surface area (Å²) in [5, 5.41) is 13.0. The smallest absolute Gasteiger partial charge is 0.247 e. The van der Waals surface area contributed by atoms with Crippen LogP contribution < -0.4 is 19.5 Å². The zero-order valence-electron chi connectivity index (χ0n) is 19.5. The fourth-order valence-electron chi connectivity index (χ4n) is 3.78. The van der Waals surface area contributed by atoms with E-state index in [-0.39, 0.29) is 0 Å². The van der Waals surface area contributed by atoms with E-state index in [4.69, 9.17) is 25.8 Å². The first-order chi connectivity index (χ1) is 17.6. The Morgan fingerprint density at radius 2 is 1.92 bits per heavy atom. The Kier molecular flexibility index (Phi) is 7.50. The number of nitrogens with one attached hydrogen (secondary N) is 1. The van der Waals surface area contributed by atoms with E-state index < -0.39 is 6.23 Å². The maximum atomic E-state index is 6.73. The summed E-state index contributed by atoms with van der Waals surface area (Å²) < 4.78 is 19.3. The van der Waals surface area contributed by atoms with Crippen molar-refractivity contribution in [3.8, 4) is 28.6 Å². The van der Waals surface area contributed by atoms with Crippen molar-refractivity contribution in [3.63, 3.8) is 0 Å². The van der Waals surface area contributed by atoms with Crippen LogP contribution in [0.15, 0.2) is 70.3 Å². The number of halogens is 2. The summed E-state index contributed by atoms with van der Waals surface area (Å²) in [6.45, 7) is 2.74. The van der Waals surface area contributed by atoms with Crippen LogP contribution in [0.3, 0.4) is 0 Å². The van der Waals surface area contributed by atoms with E-state index in [2.05, 4.69) is 36.4 Å². The van der Waals surface area contributed by atoms with E-state index in [0.29, 0.717) is 46.5 Å². The van der Waals surface area contributed by atoms with Gasteiger partial charge >= 0.3 is 0 Å². The van der Waals surface area contributed by atoms with Crippen molar-refractivity contribution < 1.29 is 14.2 Å². The number of anilines is 1. The molecule has 1 N–H and O–H groups in total. The van der Waals surface area contributed by atoms with Crippen molar-refractivity contribution in [1.82, 2.24) is 15.2 Å². The van der Waals surface area contributed by atoms with E-state index >= 15 is 0 Å². The summed E-state index contributed by atoms with van der Waals surface area (Å²) in [6, 6.07) is 19.5. The monoisotopic (exact) mass is 584 g/mol. The molecule has 5 rings (SSSR count). The number of nitrogens with zero attached hydrogens (tertiary/aromatic N) is 3. The topological polar surface area (TPSA) is 78.4 Å². The zero-order valence-corrected chi connectivity index (χ0v) is 22.7. The second-order valence-corrected chi connectivity index (χ2v) is 9.92. The Labute approximate surface area is 226 Å². The van der Waals surface area contributed by atoms with Gasteiger partial charge in [-0.1, -0.05) is 69.6 Å². The number of aromatic nitrogens is 3. The normalized spacial score (nSPS) is 14.1. The minimum atomic E-state index is -0.613. The molecule has 1 atom stereocenters. The number of benzene rings is 3. The number of ether oxygens (including phenoxy) is 3. The Morgan fingerprint density at radius 3 is 2.69 bits per heavy atom. The van der Waals surface area contributed by atoms with Crippen molar-refractivity contribution in [2.75, 3.05) is 18.2 Å². The van der Waals surface area contributed by atoms with Crippen LogP contribution in [0.25, 0.3) is 11.3 Å². The van der Waals surface area contributed by atoms with E-state index in [9.17, 15) is 0 Å². The van der Waals surface area contributed by atoms with Crippen molar-refractivity contribution in [3.05, 3.63) is 81.3 Å². The van der Waals surface area contributed by atoms with Crippen LogP contribution in [-0.2, 0) is 6.61 Å². The summed E-state index contributed by atoms with van der Waals surface area (Å²) in [5.74, 6) is 1.40. The van der Waals surface area contributed by atoms with E-state index in [1.807, 2.05) is 73.8 Å². The van der Waals surface area contributed by atoms with Crippen LogP contribution in [0.2, 0.25) is 5.02 Å². The van der Waals surface area contributed by atoms with Crippen LogP contribution in [-0.4, -0.2) is 28.0 Å². The molecule has 0 aliphatic carbocycles. The van der Waals surface area contributed by atoms with Crippen LogP contribution in [0.4, 0.5) is 5.69 Å². The first kappa shape index (κ1) is 24.7. The molecule has 0 spiro atoms. The molecule has 0 amide bonds. The van der Waals surface area contributed by atoms with Gasteiger partial charge in [0.1, 0.15) is 6.61 Å². The van der Waals surface area contributed by atoms with Gasteiger partial charge in [0.05, 0.1) is 11.6 Å². The third kappa shape index (κ3) is 5.23. The minimum absolute atomic E-state index is 0.369. The molecule has 1 aliphatic rings. The standard InChI is InChI=1S/C26H22BrClN4O3S/c1-3-33-21-12-16(11-19(28)23(21)34-14-15-7-5-4-6-8-15)24-29-20-10-9-17(27)13-18(20)22-25(35-24)30-26(36-2)32-31-22/h4-13,24,29H,3,14H2,1-2H3/t24-/m0/s1. The van der Waals surface area contributed by atoms with Crippen LogP contribution in [0.1, 0.15) is 24.3 Å². The van der Waals surface area contributed by atoms with Crippen molar-refractivity contribution >= 4 is 45.0 Å². The summed E-state index contributed by atoms with van der Waals surface area (Å²) >= 11 is 11.7. The SMILES string of the molecule is CCOc1cc([C@H]2Nc3ccc(Br)cc3-c3nnc(SC)nc3O2)cc(Cl)c1OCc1ccccc1. The highest BCUT2D eigenvalue weighted by molar-refractivity contribution is 9.10. The summed E-state index contributed by atoms with van der Waals surface area (Å²) in [7, 11) is 0. The molecule has 4 aromatic rings. The fraction of sp³-hybridized carbons (Fsp3) is 0.192. The lowest BCUT2D eigenvalue weighted by molar-refractivity contribution is 0.223. The first-order valence-electron chi connectivity index (χ1n) is 11.2. The lowest BCUT2D eigenvalue weighted by atomic mass is 10.1. The van der Waals surface area contributed by atoms with Crippen molar-refractivity contribution in [2.24, 2.45) is 0 Å². The molecule has 1 aliphatic heterocycles. The van der Waals surface area contributed by atoms with Gasteiger partial charge < -0.3 is 19.5 Å². The number of thioether (sulfide) groups is 1. The van der Waals surface area contributed by atoms with Gasteiger partial charge in [-0.2, -0.15) is 4.98 Å². The lowest BCUT2D eigenvalue weighted by Gasteiger charge is -2.22. The molecule has 184 valence electrons. The predicted molar refractivity (Wildman–Crippen MR) is 145 cm³/mol. The van der Waals surface area contributed by atoms with Crippen LogP contribution in [0, 0.1) is 0 Å². The zero-order chi connectivity index (χ0) is 25.1. The van der Waals surface area contributed by atoms with Gasteiger partial charge in [-0.05, 0) is 49.1 Å². The largest absolute Gasteiger partial charge is 0.490 e. The second-order valence-electron chi connectivity index (χ2n) is 7.82. The van der Waals surface area contributed by atoms with Gasteiger partial charge in [0.25, 0.3) is 0 Å². The Morgan fingerprint density at radius 1 is 1.08 bits per heavy atom. The van der Waals surface area contributed by atoms with Crippen molar-refractivity contribution in [1.29, 1.82) is 0 Å². The van der Waals surface area contributed by atoms with Gasteiger partial charge in [-0.15, -0.1) is 10.2 Å². The second kappa shape index (κ2) is 10.9. The molecular formula is C26H22BrClN4O3S. The first-order valence-corrected chi connectivity index (χ1v) is 13.6. The Balaban J connectivity index is 1.53. The van der Waals surface area contributed by atoms with E-state index in [1.54, 1.807) is 0 Å². The van der Waals surface area contributed by atoms with Gasteiger partial charge in [0.15, 0.2) is 23.4 Å². The quantitative estimate of drug-likeness (QED) is 0.229. The molecule has 0 saturated heterocycles. The Hall–Kier alpha value is -3.01. The molecule has 7 nitrogen and oxygen atoms in total. The molecular weight excluding hydrogens is 564 g/mol. The third-order valence-corrected chi connectivity index (χ3v) is 6.74. The average molecular weight is 586 g/mol. The molecule has 2 heterocycles. The summed E-state index contributed by atoms with van der Waals surface area (Å²) in [6.07, 6.45) is 1.28. The average Bonchev–Trinajstić information content (AvgIpc) is 3.05. The maximum absolute atomic E-state index is 6.73. The van der Waals surface area contributed by atoms with Gasteiger partial charge in [-0.25, -0.2) is 0 Å². The highest BCUT2D eigenvalue weighted by Crippen LogP contribution is 2.44. The molecule has 0 saturated carbocycles. The highest BCUT2D eigenvalue weighted by atomic mass is 79.9. The van der Waals surface area contributed by atoms with Gasteiger partial charge in [0.2, 0.25) is 11.0 Å². The summed E-state index contributed by atoms with van der Waals surface area (Å²) in [4.78, 5) is 4.58. The highest BCUT2D eigenvalue weighted by Gasteiger charge is 2.28. The van der Waals surface area contributed by atoms with Crippen molar-refractivity contribution in [2.45, 2.75) is 24.9 Å². The lowest BCUT2D eigenvalue weighted by Crippen LogP contribution is -2.17. The predicted octanol–water partition coefficient (Wildman–Crippen LogP) is 7.16. The minimum Gasteiger partial charge on any atom is -0.490 e.